The zero-order valence-electron chi connectivity index (χ0n) is 16.5. The molecule has 0 saturated carbocycles. The molecule has 0 radical (unpaired) electrons. The molecule has 1 atom stereocenters. The summed E-state index contributed by atoms with van der Waals surface area (Å²) < 4.78 is 5.00. The summed E-state index contributed by atoms with van der Waals surface area (Å²) in [5.41, 5.74) is 2.68. The Bertz CT molecular complexity index is 740. The first-order valence-corrected chi connectivity index (χ1v) is 9.23. The lowest BCUT2D eigenvalue weighted by Crippen LogP contribution is -2.38. The number of rotatable bonds is 8. The van der Waals surface area contributed by atoms with E-state index in [-0.39, 0.29) is 11.9 Å². The van der Waals surface area contributed by atoms with E-state index < -0.39 is 5.92 Å². The standard InChI is InChI=1S/C22H28N2O3/c1-5-24(6-2)20(25)16-23(3)19-14-12-18(13-15-19)21(22(26)27-4)17-10-8-7-9-11-17/h7-15,21H,5-6,16H2,1-4H3. The third-order valence-corrected chi connectivity index (χ3v) is 4.73. The van der Waals surface area contributed by atoms with Crippen LogP contribution in [0.5, 0.6) is 0 Å². The highest BCUT2D eigenvalue weighted by Crippen LogP contribution is 2.27. The topological polar surface area (TPSA) is 49.9 Å². The van der Waals surface area contributed by atoms with Crippen molar-refractivity contribution in [3.8, 4) is 0 Å². The maximum Gasteiger partial charge on any atom is 0.317 e. The number of carbonyl (C=O) groups is 2. The van der Waals surface area contributed by atoms with Gasteiger partial charge in [-0.25, -0.2) is 0 Å². The number of carbonyl (C=O) groups excluding carboxylic acids is 2. The molecule has 0 saturated heterocycles. The second-order valence-electron chi connectivity index (χ2n) is 6.38. The molecule has 5 nitrogen and oxygen atoms in total. The highest BCUT2D eigenvalue weighted by atomic mass is 16.5. The first-order chi connectivity index (χ1) is 13.0. The number of amides is 1. The third kappa shape index (κ3) is 5.09. The Kier molecular flexibility index (Phi) is 7.41. The van der Waals surface area contributed by atoms with E-state index >= 15 is 0 Å². The fourth-order valence-electron chi connectivity index (χ4n) is 3.12. The van der Waals surface area contributed by atoms with Crippen LogP contribution in [0, 0.1) is 0 Å². The van der Waals surface area contributed by atoms with Gasteiger partial charge in [0.1, 0.15) is 5.92 Å². The zero-order chi connectivity index (χ0) is 19.8. The van der Waals surface area contributed by atoms with Gasteiger partial charge in [0.25, 0.3) is 0 Å². The van der Waals surface area contributed by atoms with Gasteiger partial charge in [-0.05, 0) is 37.1 Å². The molecule has 0 bridgehead atoms. The van der Waals surface area contributed by atoms with Crippen LogP contribution in [-0.2, 0) is 14.3 Å². The average molecular weight is 368 g/mol. The van der Waals surface area contributed by atoms with Gasteiger partial charge in [0.15, 0.2) is 0 Å². The molecule has 1 amide bonds. The van der Waals surface area contributed by atoms with Crippen molar-refractivity contribution in [2.24, 2.45) is 0 Å². The highest BCUT2D eigenvalue weighted by molar-refractivity contribution is 5.83. The molecule has 0 N–H and O–H groups in total. The number of anilines is 1. The predicted octanol–water partition coefficient (Wildman–Crippen LogP) is 3.30. The fraction of sp³-hybridized carbons (Fsp3) is 0.364. The molecule has 2 aromatic carbocycles. The number of benzene rings is 2. The molecule has 0 spiro atoms. The Morgan fingerprint density at radius 2 is 1.48 bits per heavy atom. The van der Waals surface area contributed by atoms with E-state index in [0.717, 1.165) is 16.8 Å². The number of nitrogens with zero attached hydrogens (tertiary/aromatic N) is 2. The molecule has 0 aliphatic heterocycles. The van der Waals surface area contributed by atoms with Crippen LogP contribution in [0.15, 0.2) is 54.6 Å². The second kappa shape index (κ2) is 9.76. The van der Waals surface area contributed by atoms with Crippen LogP contribution in [0.3, 0.4) is 0 Å². The molecule has 1 unspecified atom stereocenters. The Morgan fingerprint density at radius 3 is 2.00 bits per heavy atom. The summed E-state index contributed by atoms with van der Waals surface area (Å²) in [4.78, 5) is 28.4. The zero-order valence-corrected chi connectivity index (χ0v) is 16.5. The first-order valence-electron chi connectivity index (χ1n) is 9.23. The molecular formula is C22H28N2O3. The lowest BCUT2D eigenvalue weighted by Gasteiger charge is -2.25. The smallest absolute Gasteiger partial charge is 0.317 e. The molecule has 2 rings (SSSR count). The Balaban J connectivity index is 2.19. The van der Waals surface area contributed by atoms with Crippen LogP contribution in [0.1, 0.15) is 30.9 Å². The van der Waals surface area contributed by atoms with Crippen molar-refractivity contribution < 1.29 is 14.3 Å². The molecule has 5 heteroatoms. The van der Waals surface area contributed by atoms with E-state index in [4.69, 9.17) is 4.74 Å². The minimum atomic E-state index is -0.465. The number of hydrogen-bond donors (Lipinski definition) is 0. The summed E-state index contributed by atoms with van der Waals surface area (Å²) in [6.07, 6.45) is 0. The van der Waals surface area contributed by atoms with Crippen molar-refractivity contribution in [3.05, 3.63) is 65.7 Å². The number of esters is 1. The Labute approximate surface area is 161 Å². The summed E-state index contributed by atoms with van der Waals surface area (Å²) in [6, 6.07) is 17.3. The molecule has 27 heavy (non-hydrogen) atoms. The second-order valence-corrected chi connectivity index (χ2v) is 6.38. The number of hydrogen-bond acceptors (Lipinski definition) is 4. The van der Waals surface area contributed by atoms with E-state index in [2.05, 4.69) is 0 Å². The largest absolute Gasteiger partial charge is 0.468 e. The molecular weight excluding hydrogens is 340 g/mol. The summed E-state index contributed by atoms with van der Waals surface area (Å²) in [6.45, 7) is 5.69. The van der Waals surface area contributed by atoms with E-state index in [9.17, 15) is 9.59 Å². The highest BCUT2D eigenvalue weighted by Gasteiger charge is 2.23. The van der Waals surface area contributed by atoms with Crippen LogP contribution in [0.4, 0.5) is 5.69 Å². The minimum Gasteiger partial charge on any atom is -0.468 e. The van der Waals surface area contributed by atoms with Gasteiger partial charge in [-0.15, -0.1) is 0 Å². The van der Waals surface area contributed by atoms with E-state index in [1.165, 1.54) is 7.11 Å². The maximum absolute atomic E-state index is 12.3. The quantitative estimate of drug-likeness (QED) is 0.671. The van der Waals surface area contributed by atoms with Gasteiger partial charge in [0.05, 0.1) is 13.7 Å². The van der Waals surface area contributed by atoms with Crippen LogP contribution in [0.2, 0.25) is 0 Å². The lowest BCUT2D eigenvalue weighted by molar-refractivity contribution is -0.141. The van der Waals surface area contributed by atoms with Crippen molar-refractivity contribution in [2.75, 3.05) is 38.7 Å². The predicted molar refractivity (Wildman–Crippen MR) is 108 cm³/mol. The molecule has 0 aliphatic rings. The SMILES string of the molecule is CCN(CC)C(=O)CN(C)c1ccc(C(C(=O)OC)c2ccccc2)cc1. The minimum absolute atomic E-state index is 0.100. The molecule has 0 heterocycles. The van der Waals surface area contributed by atoms with E-state index in [1.807, 2.05) is 85.3 Å². The molecule has 144 valence electrons. The molecule has 0 fully saturated rings. The van der Waals surface area contributed by atoms with Crippen LogP contribution in [-0.4, -0.2) is 50.6 Å². The number of ether oxygens (including phenoxy) is 1. The van der Waals surface area contributed by atoms with Gasteiger partial charge >= 0.3 is 5.97 Å². The van der Waals surface area contributed by atoms with Crippen LogP contribution >= 0.6 is 0 Å². The molecule has 0 aromatic heterocycles. The first kappa shape index (κ1) is 20.5. The van der Waals surface area contributed by atoms with E-state index in [1.54, 1.807) is 0 Å². The number of methoxy groups -OCH3 is 1. The molecule has 2 aromatic rings. The summed E-state index contributed by atoms with van der Waals surface area (Å²) >= 11 is 0. The summed E-state index contributed by atoms with van der Waals surface area (Å²) in [5, 5.41) is 0. The fourth-order valence-corrected chi connectivity index (χ4v) is 3.12. The number of likely N-dealkylation sites (N-methyl/N-ethyl adjacent to an activating group) is 2. The van der Waals surface area contributed by atoms with Gasteiger partial charge in [0.2, 0.25) is 5.91 Å². The Hall–Kier alpha value is -2.82. The maximum atomic E-state index is 12.3. The van der Waals surface area contributed by atoms with Gasteiger partial charge in [-0.3, -0.25) is 9.59 Å². The van der Waals surface area contributed by atoms with Crippen molar-refractivity contribution in [2.45, 2.75) is 19.8 Å². The third-order valence-electron chi connectivity index (χ3n) is 4.73. The van der Waals surface area contributed by atoms with Crippen molar-refractivity contribution in [1.29, 1.82) is 0 Å². The average Bonchev–Trinajstić information content (AvgIpc) is 2.70. The monoisotopic (exact) mass is 368 g/mol. The van der Waals surface area contributed by atoms with Gasteiger partial charge in [-0.2, -0.15) is 0 Å². The summed E-state index contributed by atoms with van der Waals surface area (Å²) in [5.74, 6) is -0.657. The lowest BCUT2D eigenvalue weighted by atomic mass is 9.91. The van der Waals surface area contributed by atoms with Gasteiger partial charge in [-0.1, -0.05) is 42.5 Å². The van der Waals surface area contributed by atoms with Gasteiger partial charge < -0.3 is 14.5 Å². The van der Waals surface area contributed by atoms with Gasteiger partial charge in [0, 0.05) is 25.8 Å². The Morgan fingerprint density at radius 1 is 0.926 bits per heavy atom. The van der Waals surface area contributed by atoms with Crippen LogP contribution in [0.25, 0.3) is 0 Å². The van der Waals surface area contributed by atoms with Crippen LogP contribution < -0.4 is 4.90 Å². The van der Waals surface area contributed by atoms with Crippen molar-refractivity contribution in [3.63, 3.8) is 0 Å². The molecule has 0 aliphatic carbocycles. The normalized spacial score (nSPS) is 11.6. The van der Waals surface area contributed by atoms with Crippen molar-refractivity contribution >= 4 is 17.6 Å². The van der Waals surface area contributed by atoms with Crippen molar-refractivity contribution in [1.82, 2.24) is 4.90 Å². The summed E-state index contributed by atoms with van der Waals surface area (Å²) in [7, 11) is 3.30. The van der Waals surface area contributed by atoms with E-state index in [0.29, 0.717) is 19.6 Å².